The Morgan fingerprint density at radius 3 is 2.28 bits per heavy atom. The van der Waals surface area contributed by atoms with Crippen LogP contribution < -0.4 is 0 Å². The van der Waals surface area contributed by atoms with Gasteiger partial charge in [-0.05, 0) is 38.8 Å². The molecule has 0 radical (unpaired) electrons. The summed E-state index contributed by atoms with van der Waals surface area (Å²) in [6.45, 7) is 11.4. The molecule has 0 N–H and O–H groups in total. The Morgan fingerprint density at radius 1 is 1.07 bits per heavy atom. The molecular weight excluding hydrogens is 370 g/mol. The molecule has 0 atom stereocenters. The van der Waals surface area contributed by atoms with Crippen LogP contribution in [0.3, 0.4) is 0 Å². The Hall–Kier alpha value is -2.90. The lowest BCUT2D eigenvalue weighted by molar-refractivity contribution is 0.0140. The molecule has 2 amide bonds. The number of rotatable bonds is 3. The van der Waals surface area contributed by atoms with E-state index in [1.54, 1.807) is 26.9 Å². The second-order valence-corrected chi connectivity index (χ2v) is 8.46. The fraction of sp³-hybridized carbons (Fsp3) is 0.524. The predicted molar refractivity (Wildman–Crippen MR) is 109 cm³/mol. The molecule has 0 saturated carbocycles. The van der Waals surface area contributed by atoms with Crippen LogP contribution in [0.15, 0.2) is 30.6 Å². The second-order valence-electron chi connectivity index (χ2n) is 8.46. The standard InChI is InChI=1S/C21H29N5O3/c1-15(2)18-16(14-23-26(18)17-8-6-7-9-22-17)19(27)24-10-12-25(13-11-24)20(28)29-21(3,4)5/h6-9,14-15H,10-13H2,1-5H3. The van der Waals surface area contributed by atoms with Gasteiger partial charge in [-0.3, -0.25) is 4.79 Å². The highest BCUT2D eigenvalue weighted by Gasteiger charge is 2.30. The van der Waals surface area contributed by atoms with Crippen molar-refractivity contribution < 1.29 is 14.3 Å². The minimum Gasteiger partial charge on any atom is -0.444 e. The van der Waals surface area contributed by atoms with E-state index in [1.165, 1.54) is 0 Å². The highest BCUT2D eigenvalue weighted by Crippen LogP contribution is 2.24. The summed E-state index contributed by atoms with van der Waals surface area (Å²) in [5.74, 6) is 0.714. The molecule has 1 fully saturated rings. The Balaban J connectivity index is 1.74. The summed E-state index contributed by atoms with van der Waals surface area (Å²) < 4.78 is 7.15. The van der Waals surface area contributed by atoms with Gasteiger partial charge in [-0.1, -0.05) is 19.9 Å². The summed E-state index contributed by atoms with van der Waals surface area (Å²) in [5.41, 5.74) is 0.885. The first kappa shape index (κ1) is 20.8. The van der Waals surface area contributed by atoms with E-state index in [0.717, 1.165) is 5.69 Å². The monoisotopic (exact) mass is 399 g/mol. The number of nitrogens with zero attached hydrogens (tertiary/aromatic N) is 5. The van der Waals surface area contributed by atoms with Gasteiger partial charge in [0.25, 0.3) is 5.91 Å². The molecule has 1 aliphatic heterocycles. The SMILES string of the molecule is CC(C)c1c(C(=O)N2CCN(C(=O)OC(C)(C)C)CC2)cnn1-c1ccccn1. The maximum atomic E-state index is 13.2. The van der Waals surface area contributed by atoms with Crippen molar-refractivity contribution in [3.05, 3.63) is 41.9 Å². The zero-order valence-corrected chi connectivity index (χ0v) is 17.8. The number of piperazine rings is 1. The van der Waals surface area contributed by atoms with Gasteiger partial charge in [0.15, 0.2) is 5.82 Å². The third-order valence-corrected chi connectivity index (χ3v) is 4.67. The lowest BCUT2D eigenvalue weighted by Gasteiger charge is -2.35. The largest absolute Gasteiger partial charge is 0.444 e. The number of ether oxygens (including phenoxy) is 1. The fourth-order valence-corrected chi connectivity index (χ4v) is 3.33. The molecule has 2 aromatic rings. The molecule has 2 aromatic heterocycles. The van der Waals surface area contributed by atoms with Crippen molar-refractivity contribution >= 4 is 12.0 Å². The zero-order valence-electron chi connectivity index (χ0n) is 17.8. The number of aromatic nitrogens is 3. The molecule has 8 nitrogen and oxygen atoms in total. The highest BCUT2D eigenvalue weighted by atomic mass is 16.6. The Morgan fingerprint density at radius 2 is 1.72 bits per heavy atom. The smallest absolute Gasteiger partial charge is 0.410 e. The first-order chi connectivity index (χ1) is 13.7. The van der Waals surface area contributed by atoms with Gasteiger partial charge < -0.3 is 14.5 Å². The van der Waals surface area contributed by atoms with E-state index in [1.807, 2.05) is 52.8 Å². The summed E-state index contributed by atoms with van der Waals surface area (Å²) in [6.07, 6.45) is 2.99. The molecule has 8 heteroatoms. The van der Waals surface area contributed by atoms with Crippen molar-refractivity contribution in [3.63, 3.8) is 0 Å². The molecule has 156 valence electrons. The number of hydrogen-bond acceptors (Lipinski definition) is 5. The molecular formula is C21H29N5O3. The van der Waals surface area contributed by atoms with Crippen LogP contribution in [0.5, 0.6) is 0 Å². The van der Waals surface area contributed by atoms with Crippen molar-refractivity contribution in [3.8, 4) is 5.82 Å². The van der Waals surface area contributed by atoms with Crippen LogP contribution in [0, 0.1) is 0 Å². The minimum absolute atomic E-state index is 0.0697. The second kappa shape index (κ2) is 8.23. The summed E-state index contributed by atoms with van der Waals surface area (Å²) in [6, 6.07) is 5.61. The number of hydrogen-bond donors (Lipinski definition) is 0. The average Bonchev–Trinajstić information content (AvgIpc) is 3.12. The predicted octanol–water partition coefficient (Wildman–Crippen LogP) is 3.08. The van der Waals surface area contributed by atoms with Gasteiger partial charge in [0.2, 0.25) is 0 Å². The van der Waals surface area contributed by atoms with Crippen LogP contribution in [0.4, 0.5) is 4.79 Å². The third-order valence-electron chi connectivity index (χ3n) is 4.67. The van der Waals surface area contributed by atoms with E-state index in [4.69, 9.17) is 4.74 Å². The number of pyridine rings is 1. The van der Waals surface area contributed by atoms with Crippen LogP contribution in [0.1, 0.15) is 56.6 Å². The maximum Gasteiger partial charge on any atom is 0.410 e. The molecule has 0 bridgehead atoms. The van der Waals surface area contributed by atoms with E-state index in [0.29, 0.717) is 37.6 Å². The topological polar surface area (TPSA) is 80.6 Å². The van der Waals surface area contributed by atoms with Crippen molar-refractivity contribution in [2.45, 2.75) is 46.1 Å². The van der Waals surface area contributed by atoms with Gasteiger partial charge in [-0.2, -0.15) is 5.10 Å². The number of carbonyl (C=O) groups excluding carboxylic acids is 2. The highest BCUT2D eigenvalue weighted by molar-refractivity contribution is 5.95. The van der Waals surface area contributed by atoms with E-state index < -0.39 is 5.60 Å². The first-order valence-electron chi connectivity index (χ1n) is 9.94. The molecule has 0 aliphatic carbocycles. The van der Waals surface area contributed by atoms with Crippen LogP contribution in [0.25, 0.3) is 5.82 Å². The van der Waals surface area contributed by atoms with E-state index >= 15 is 0 Å². The molecule has 0 unspecified atom stereocenters. The summed E-state index contributed by atoms with van der Waals surface area (Å²) in [5, 5.41) is 4.43. The molecule has 29 heavy (non-hydrogen) atoms. The van der Waals surface area contributed by atoms with Crippen LogP contribution in [-0.2, 0) is 4.74 Å². The molecule has 0 aromatic carbocycles. The normalized spacial score (nSPS) is 15.0. The van der Waals surface area contributed by atoms with Crippen molar-refractivity contribution in [1.82, 2.24) is 24.6 Å². The molecule has 1 aliphatic rings. The molecule has 0 spiro atoms. The van der Waals surface area contributed by atoms with E-state index in [9.17, 15) is 9.59 Å². The molecule has 3 heterocycles. The number of carbonyl (C=O) groups is 2. The lowest BCUT2D eigenvalue weighted by Crippen LogP contribution is -2.51. The van der Waals surface area contributed by atoms with Crippen molar-refractivity contribution in [1.29, 1.82) is 0 Å². The lowest BCUT2D eigenvalue weighted by atomic mass is 10.0. The maximum absolute atomic E-state index is 13.2. The van der Waals surface area contributed by atoms with Gasteiger partial charge in [-0.25, -0.2) is 14.5 Å². The Kier molecular flexibility index (Phi) is 5.91. The number of amides is 2. The van der Waals surface area contributed by atoms with Crippen molar-refractivity contribution in [2.24, 2.45) is 0 Å². The van der Waals surface area contributed by atoms with Gasteiger partial charge in [0, 0.05) is 32.4 Å². The fourth-order valence-electron chi connectivity index (χ4n) is 3.33. The molecule has 3 rings (SSSR count). The van der Waals surface area contributed by atoms with Crippen LogP contribution in [-0.4, -0.2) is 68.3 Å². The van der Waals surface area contributed by atoms with Gasteiger partial charge in [-0.15, -0.1) is 0 Å². The summed E-state index contributed by atoms with van der Waals surface area (Å²) in [4.78, 5) is 33.2. The Labute approximate surface area is 171 Å². The first-order valence-corrected chi connectivity index (χ1v) is 9.94. The van der Waals surface area contributed by atoms with Crippen LogP contribution >= 0.6 is 0 Å². The third kappa shape index (κ3) is 4.75. The van der Waals surface area contributed by atoms with Crippen LogP contribution in [0.2, 0.25) is 0 Å². The quantitative estimate of drug-likeness (QED) is 0.792. The van der Waals surface area contributed by atoms with Crippen molar-refractivity contribution in [2.75, 3.05) is 26.2 Å². The minimum atomic E-state index is -0.531. The summed E-state index contributed by atoms with van der Waals surface area (Å²) >= 11 is 0. The van der Waals surface area contributed by atoms with Gasteiger partial charge in [0.1, 0.15) is 5.60 Å². The average molecular weight is 399 g/mol. The molecule has 1 saturated heterocycles. The van der Waals surface area contributed by atoms with Gasteiger partial charge >= 0.3 is 6.09 Å². The summed E-state index contributed by atoms with van der Waals surface area (Å²) in [7, 11) is 0. The van der Waals surface area contributed by atoms with E-state index in [2.05, 4.69) is 10.1 Å². The van der Waals surface area contributed by atoms with E-state index in [-0.39, 0.29) is 17.9 Å². The van der Waals surface area contributed by atoms with Gasteiger partial charge in [0.05, 0.1) is 17.5 Å². The Bertz CT molecular complexity index is 862. The zero-order chi connectivity index (χ0) is 21.2.